The molecule has 0 bridgehead atoms. The molecule has 0 nitrogen and oxygen atoms in total. The Morgan fingerprint density at radius 3 is 2.71 bits per heavy atom. The molecule has 1 atom stereocenters. The van der Waals surface area contributed by atoms with Gasteiger partial charge >= 0.3 is 0 Å². The number of rotatable bonds is 4. The van der Waals surface area contributed by atoms with Gasteiger partial charge in [-0.3, -0.25) is 0 Å². The van der Waals surface area contributed by atoms with Crippen LogP contribution in [-0.4, -0.2) is 0 Å². The van der Waals surface area contributed by atoms with Crippen LogP contribution in [-0.2, 0) is 6.42 Å². The van der Waals surface area contributed by atoms with Crippen LogP contribution in [0.5, 0.6) is 0 Å². The van der Waals surface area contributed by atoms with Gasteiger partial charge in [-0.1, -0.05) is 26.3 Å². The van der Waals surface area contributed by atoms with Crippen molar-refractivity contribution >= 4 is 0 Å². The number of benzene rings is 1. The van der Waals surface area contributed by atoms with Crippen molar-refractivity contribution in [1.29, 1.82) is 0 Å². The first kappa shape index (κ1) is 11.2. The van der Waals surface area contributed by atoms with Crippen molar-refractivity contribution in [3.63, 3.8) is 0 Å². The van der Waals surface area contributed by atoms with E-state index in [9.17, 15) is 4.39 Å². The molecule has 0 aliphatic carbocycles. The lowest BCUT2D eigenvalue weighted by atomic mass is 9.96. The van der Waals surface area contributed by atoms with Crippen LogP contribution in [0.3, 0.4) is 0 Å². The van der Waals surface area contributed by atoms with Gasteiger partial charge in [-0.2, -0.15) is 0 Å². The van der Waals surface area contributed by atoms with E-state index in [1.807, 2.05) is 13.0 Å². The fourth-order valence-electron chi connectivity index (χ4n) is 1.52. The monoisotopic (exact) mass is 194 g/mol. The zero-order valence-electron chi connectivity index (χ0n) is 9.31. The van der Waals surface area contributed by atoms with Crippen molar-refractivity contribution < 1.29 is 4.39 Å². The Hall–Kier alpha value is -0.850. The summed E-state index contributed by atoms with van der Waals surface area (Å²) in [6, 6.07) is 5.06. The summed E-state index contributed by atoms with van der Waals surface area (Å²) >= 11 is 0. The Balaban J connectivity index is 2.62. The summed E-state index contributed by atoms with van der Waals surface area (Å²) in [5, 5.41) is 0. The highest BCUT2D eigenvalue weighted by Gasteiger charge is 2.03. The smallest absolute Gasteiger partial charge is 0.123 e. The third-order valence-corrected chi connectivity index (χ3v) is 2.91. The van der Waals surface area contributed by atoms with Gasteiger partial charge in [0.15, 0.2) is 0 Å². The Kier molecular flexibility index (Phi) is 4.12. The van der Waals surface area contributed by atoms with Crippen LogP contribution < -0.4 is 0 Å². The van der Waals surface area contributed by atoms with Crippen molar-refractivity contribution in [3.8, 4) is 0 Å². The maximum Gasteiger partial charge on any atom is 0.123 e. The first-order valence-electron chi connectivity index (χ1n) is 5.38. The van der Waals surface area contributed by atoms with Gasteiger partial charge in [0, 0.05) is 0 Å². The van der Waals surface area contributed by atoms with E-state index in [0.29, 0.717) is 0 Å². The highest BCUT2D eigenvalue weighted by Crippen LogP contribution is 2.16. The fraction of sp³-hybridized carbons (Fsp3) is 0.538. The van der Waals surface area contributed by atoms with Crippen LogP contribution in [0.25, 0.3) is 0 Å². The highest BCUT2D eigenvalue weighted by atomic mass is 19.1. The molecule has 0 amide bonds. The lowest BCUT2D eigenvalue weighted by Crippen LogP contribution is -1.97. The van der Waals surface area contributed by atoms with Crippen LogP contribution in [0.4, 0.5) is 4.39 Å². The summed E-state index contributed by atoms with van der Waals surface area (Å²) in [5.74, 6) is 0.618. The van der Waals surface area contributed by atoms with E-state index < -0.39 is 0 Å². The molecule has 0 aromatic heterocycles. The molecule has 0 N–H and O–H groups in total. The minimum absolute atomic E-state index is 0.116. The normalized spacial score (nSPS) is 12.9. The number of halogens is 1. The number of hydrogen-bond acceptors (Lipinski definition) is 0. The highest BCUT2D eigenvalue weighted by molar-refractivity contribution is 5.26. The molecule has 1 aromatic carbocycles. The summed E-state index contributed by atoms with van der Waals surface area (Å²) in [4.78, 5) is 0. The summed E-state index contributed by atoms with van der Waals surface area (Å²) in [6.07, 6.45) is 3.35. The largest absolute Gasteiger partial charge is 0.207 e. The molecule has 0 fully saturated rings. The topological polar surface area (TPSA) is 0 Å². The SMILES string of the molecule is CC[C@@H](C)CCc1cc(F)ccc1C. The van der Waals surface area contributed by atoms with Crippen LogP contribution >= 0.6 is 0 Å². The average Bonchev–Trinajstić information content (AvgIpc) is 2.19. The zero-order chi connectivity index (χ0) is 10.6. The second-order valence-corrected chi connectivity index (χ2v) is 4.12. The van der Waals surface area contributed by atoms with E-state index >= 15 is 0 Å². The second kappa shape index (κ2) is 5.14. The molecular formula is C13H19F. The zero-order valence-corrected chi connectivity index (χ0v) is 9.31. The van der Waals surface area contributed by atoms with Crippen molar-refractivity contribution in [2.45, 2.75) is 40.0 Å². The van der Waals surface area contributed by atoms with Crippen LogP contribution in [0, 0.1) is 18.7 Å². The molecule has 0 saturated carbocycles. The van der Waals surface area contributed by atoms with Crippen molar-refractivity contribution in [2.24, 2.45) is 5.92 Å². The maximum absolute atomic E-state index is 13.0. The van der Waals surface area contributed by atoms with E-state index in [0.717, 1.165) is 24.3 Å². The molecule has 78 valence electrons. The first-order chi connectivity index (χ1) is 6.63. The van der Waals surface area contributed by atoms with Crippen LogP contribution in [0.2, 0.25) is 0 Å². The molecule has 0 unspecified atom stereocenters. The second-order valence-electron chi connectivity index (χ2n) is 4.12. The molecule has 1 aromatic rings. The lowest BCUT2D eigenvalue weighted by molar-refractivity contribution is 0.514. The summed E-state index contributed by atoms with van der Waals surface area (Å²) < 4.78 is 13.0. The van der Waals surface area contributed by atoms with Crippen molar-refractivity contribution in [1.82, 2.24) is 0 Å². The van der Waals surface area contributed by atoms with Gasteiger partial charge in [-0.15, -0.1) is 0 Å². The predicted molar refractivity (Wildman–Crippen MR) is 58.9 cm³/mol. The minimum atomic E-state index is -0.116. The molecule has 0 aliphatic rings. The first-order valence-corrected chi connectivity index (χ1v) is 5.38. The molecule has 0 saturated heterocycles. The van der Waals surface area contributed by atoms with Gasteiger partial charge in [0.05, 0.1) is 0 Å². The standard InChI is InChI=1S/C13H19F/c1-4-10(2)5-7-12-9-13(14)8-6-11(12)3/h6,8-10H,4-5,7H2,1-3H3/t10-/m1/s1. The molecule has 1 heteroatoms. The third kappa shape index (κ3) is 3.13. The quantitative estimate of drug-likeness (QED) is 0.676. The van der Waals surface area contributed by atoms with Crippen molar-refractivity contribution in [2.75, 3.05) is 0 Å². The number of aryl methyl sites for hydroxylation is 2. The van der Waals surface area contributed by atoms with Crippen molar-refractivity contribution in [3.05, 3.63) is 35.1 Å². The van der Waals surface area contributed by atoms with E-state index in [4.69, 9.17) is 0 Å². The molecule has 0 heterocycles. The van der Waals surface area contributed by atoms with Gasteiger partial charge in [0.25, 0.3) is 0 Å². The van der Waals surface area contributed by atoms with Gasteiger partial charge in [0.1, 0.15) is 5.82 Å². The molecular weight excluding hydrogens is 175 g/mol. The van der Waals surface area contributed by atoms with E-state index in [1.54, 1.807) is 6.07 Å². The molecule has 0 spiro atoms. The summed E-state index contributed by atoms with van der Waals surface area (Å²) in [7, 11) is 0. The average molecular weight is 194 g/mol. The lowest BCUT2D eigenvalue weighted by Gasteiger charge is -2.10. The molecule has 0 radical (unpaired) electrons. The Labute approximate surface area is 86.2 Å². The predicted octanol–water partition coefficient (Wildman–Crippen LogP) is 4.11. The Morgan fingerprint density at radius 2 is 2.07 bits per heavy atom. The van der Waals surface area contributed by atoms with Gasteiger partial charge in [-0.25, -0.2) is 4.39 Å². The van der Waals surface area contributed by atoms with Gasteiger partial charge in [0.2, 0.25) is 0 Å². The maximum atomic E-state index is 13.0. The minimum Gasteiger partial charge on any atom is -0.207 e. The third-order valence-electron chi connectivity index (χ3n) is 2.91. The molecule has 1 rings (SSSR count). The van der Waals surface area contributed by atoms with E-state index in [2.05, 4.69) is 13.8 Å². The summed E-state index contributed by atoms with van der Waals surface area (Å²) in [5.41, 5.74) is 2.36. The summed E-state index contributed by atoms with van der Waals surface area (Å²) in [6.45, 7) is 6.49. The number of hydrogen-bond donors (Lipinski definition) is 0. The Bertz CT molecular complexity index is 291. The van der Waals surface area contributed by atoms with E-state index in [-0.39, 0.29) is 5.82 Å². The van der Waals surface area contributed by atoms with Crippen LogP contribution in [0.15, 0.2) is 18.2 Å². The molecule has 0 aliphatic heterocycles. The van der Waals surface area contributed by atoms with Gasteiger partial charge in [-0.05, 0) is 48.9 Å². The molecule has 14 heavy (non-hydrogen) atoms. The van der Waals surface area contributed by atoms with E-state index in [1.165, 1.54) is 18.1 Å². The van der Waals surface area contributed by atoms with Crippen LogP contribution in [0.1, 0.15) is 37.8 Å². The fourth-order valence-corrected chi connectivity index (χ4v) is 1.52. The Morgan fingerprint density at radius 1 is 1.36 bits per heavy atom. The van der Waals surface area contributed by atoms with Gasteiger partial charge < -0.3 is 0 Å².